The third-order valence-corrected chi connectivity index (χ3v) is 8.53. The number of carbonyl (C=O) groups excluding carboxylic acids is 3. The number of hydrogen-bond donors (Lipinski definition) is 2. The summed E-state index contributed by atoms with van der Waals surface area (Å²) < 4.78 is 2.13. The summed E-state index contributed by atoms with van der Waals surface area (Å²) in [6.45, 7) is 0. The number of amides is 4. The van der Waals surface area contributed by atoms with Gasteiger partial charge < -0.3 is 0 Å². The number of nitrogens with zero attached hydrogens (tertiary/aromatic N) is 1. The molecular formula is C21H13N3O3STe. The van der Waals surface area contributed by atoms with Gasteiger partial charge in [-0.2, -0.15) is 0 Å². The van der Waals surface area contributed by atoms with Gasteiger partial charge in [-0.1, -0.05) is 0 Å². The molecule has 0 radical (unpaired) electrons. The van der Waals surface area contributed by atoms with Gasteiger partial charge in [-0.3, -0.25) is 0 Å². The molecule has 6 nitrogen and oxygen atoms in total. The number of fused-ring (bicyclic) bond motifs is 2. The van der Waals surface area contributed by atoms with Crippen molar-refractivity contribution in [2.24, 2.45) is 0 Å². The second-order valence-electron chi connectivity index (χ2n) is 6.34. The van der Waals surface area contributed by atoms with Gasteiger partial charge in [0.15, 0.2) is 0 Å². The molecule has 0 spiro atoms. The van der Waals surface area contributed by atoms with Gasteiger partial charge in [0.25, 0.3) is 0 Å². The molecule has 1 saturated heterocycles. The maximum absolute atomic E-state index is 12.0. The van der Waals surface area contributed by atoms with Crippen molar-refractivity contribution in [1.29, 1.82) is 0 Å². The van der Waals surface area contributed by atoms with Crippen LogP contribution in [0.2, 0.25) is 0 Å². The van der Waals surface area contributed by atoms with Crippen LogP contribution in [-0.4, -0.2) is 38.3 Å². The van der Waals surface area contributed by atoms with Crippen LogP contribution in [0.4, 0.5) is 19.9 Å². The van der Waals surface area contributed by atoms with E-state index >= 15 is 0 Å². The molecule has 29 heavy (non-hydrogen) atoms. The Balaban J connectivity index is 1.56. The second kappa shape index (κ2) is 7.23. The van der Waals surface area contributed by atoms with Crippen molar-refractivity contribution in [3.8, 4) is 0 Å². The SMILES string of the molecule is O=C1NC(=O)C(=Cc2ccc(N3c4ccccc4Sc4ccccc43)[te]2)C(=O)N1. The molecule has 8 heteroatoms. The van der Waals surface area contributed by atoms with Crippen LogP contribution in [-0.2, 0) is 9.59 Å². The number of para-hydroxylation sites is 2. The first-order valence-corrected chi connectivity index (χ1v) is 11.9. The van der Waals surface area contributed by atoms with E-state index in [1.165, 1.54) is 13.5 Å². The molecule has 2 N–H and O–H groups in total. The van der Waals surface area contributed by atoms with E-state index in [0.29, 0.717) is 0 Å². The molecule has 3 heterocycles. The third-order valence-electron chi connectivity index (χ3n) is 4.50. The zero-order chi connectivity index (χ0) is 20.0. The molecule has 0 atom stereocenters. The van der Waals surface area contributed by atoms with Crippen LogP contribution >= 0.6 is 11.8 Å². The predicted octanol–water partition coefficient (Wildman–Crippen LogP) is 3.43. The van der Waals surface area contributed by atoms with Crippen molar-refractivity contribution < 1.29 is 14.4 Å². The van der Waals surface area contributed by atoms with E-state index in [9.17, 15) is 14.4 Å². The number of urea groups is 1. The van der Waals surface area contributed by atoms with Crippen molar-refractivity contribution >= 4 is 71.2 Å². The molecule has 0 bridgehead atoms. The van der Waals surface area contributed by atoms with Crippen molar-refractivity contribution in [3.05, 3.63) is 69.8 Å². The first-order valence-electron chi connectivity index (χ1n) is 8.74. The number of nitrogens with one attached hydrogen (secondary N) is 2. The Morgan fingerprint density at radius 3 is 2.00 bits per heavy atom. The molecule has 5 rings (SSSR count). The standard InChI is InChI=1S/C21H13N3O3STe/c25-19-13(20(26)23-21(27)22-19)11-12-9-10-18(29-12)24-14-5-1-3-7-16(14)28-17-8-4-2-6-15(17)24/h1-11H,(H2,22,23,25,26,27). The Kier molecular flexibility index (Phi) is 4.55. The predicted molar refractivity (Wildman–Crippen MR) is 112 cm³/mol. The third kappa shape index (κ3) is 3.29. The first-order chi connectivity index (χ1) is 14.1. The fraction of sp³-hybridized carbons (Fsp3) is 0. The molecule has 2 aromatic carbocycles. The number of carbonyl (C=O) groups is 3. The number of imide groups is 2. The Morgan fingerprint density at radius 2 is 1.38 bits per heavy atom. The van der Waals surface area contributed by atoms with Gasteiger partial charge in [0, 0.05) is 0 Å². The van der Waals surface area contributed by atoms with Gasteiger partial charge in [0.05, 0.1) is 0 Å². The van der Waals surface area contributed by atoms with E-state index in [0.717, 1.165) is 15.0 Å². The number of barbiturate groups is 1. The monoisotopic (exact) mass is 517 g/mol. The van der Waals surface area contributed by atoms with Crippen molar-refractivity contribution in [3.63, 3.8) is 0 Å². The Labute approximate surface area is 180 Å². The molecule has 142 valence electrons. The summed E-state index contributed by atoms with van der Waals surface area (Å²) >= 11 is 0.911. The number of anilines is 3. The quantitative estimate of drug-likeness (QED) is 0.243. The molecule has 0 aliphatic carbocycles. The number of benzene rings is 2. The van der Waals surface area contributed by atoms with Crippen LogP contribution in [0.15, 0.2) is 76.0 Å². The van der Waals surface area contributed by atoms with E-state index < -0.39 is 38.3 Å². The summed E-state index contributed by atoms with van der Waals surface area (Å²) in [7, 11) is 0. The zero-order valence-electron chi connectivity index (χ0n) is 14.8. The summed E-state index contributed by atoms with van der Waals surface area (Å²) in [5, 5.41) is 4.23. The molecule has 0 saturated carbocycles. The summed E-state index contributed by atoms with van der Waals surface area (Å²) in [4.78, 5) is 39.9. The van der Waals surface area contributed by atoms with E-state index in [1.807, 2.05) is 30.3 Å². The average Bonchev–Trinajstić information content (AvgIpc) is 3.17. The Bertz CT molecular complexity index is 1150. The summed E-state index contributed by atoms with van der Waals surface area (Å²) in [5.74, 6) is -1.32. The maximum atomic E-state index is 12.0. The number of rotatable bonds is 2. The first kappa shape index (κ1) is 18.3. The van der Waals surface area contributed by atoms with Gasteiger partial charge in [-0.25, -0.2) is 0 Å². The van der Waals surface area contributed by atoms with Crippen LogP contribution < -0.4 is 15.5 Å². The minimum atomic E-state index is -0.843. The van der Waals surface area contributed by atoms with Crippen molar-refractivity contribution in [2.45, 2.75) is 9.79 Å². The zero-order valence-corrected chi connectivity index (χ0v) is 18.0. The van der Waals surface area contributed by atoms with Gasteiger partial charge in [-0.15, -0.1) is 0 Å². The van der Waals surface area contributed by atoms with Gasteiger partial charge in [0.2, 0.25) is 0 Å². The minimum absolute atomic E-state index is 0.0365. The summed E-state index contributed by atoms with van der Waals surface area (Å²) in [5.41, 5.74) is 2.23. The van der Waals surface area contributed by atoms with Crippen LogP contribution in [0.5, 0.6) is 0 Å². The van der Waals surface area contributed by atoms with Crippen molar-refractivity contribution in [1.82, 2.24) is 10.6 Å². The van der Waals surface area contributed by atoms with E-state index in [2.05, 4.69) is 45.9 Å². The summed E-state index contributed by atoms with van der Waals surface area (Å²) in [6.07, 6.45) is 1.60. The van der Waals surface area contributed by atoms with Crippen LogP contribution in [0.25, 0.3) is 6.08 Å². The fourth-order valence-corrected chi connectivity index (χ4v) is 7.08. The molecule has 4 amide bonds. The van der Waals surface area contributed by atoms with E-state index in [4.69, 9.17) is 0 Å². The van der Waals surface area contributed by atoms with Gasteiger partial charge in [-0.05, 0) is 0 Å². The van der Waals surface area contributed by atoms with E-state index in [-0.39, 0.29) is 5.57 Å². The van der Waals surface area contributed by atoms with Crippen molar-refractivity contribution in [2.75, 3.05) is 4.90 Å². The molecule has 1 aromatic heterocycles. The molecular weight excluding hydrogens is 502 g/mol. The molecule has 3 aromatic rings. The molecule has 2 aliphatic heterocycles. The molecule has 0 unspecified atom stereocenters. The van der Waals surface area contributed by atoms with E-state index in [1.54, 1.807) is 17.8 Å². The molecule has 1 fully saturated rings. The van der Waals surface area contributed by atoms with Crippen LogP contribution in [0, 0.1) is 0 Å². The average molecular weight is 515 g/mol. The second-order valence-corrected chi connectivity index (χ2v) is 10.5. The number of hydrogen-bond acceptors (Lipinski definition) is 5. The topological polar surface area (TPSA) is 78.5 Å². The van der Waals surface area contributed by atoms with Gasteiger partial charge in [0.1, 0.15) is 0 Å². The van der Waals surface area contributed by atoms with Gasteiger partial charge >= 0.3 is 181 Å². The fourth-order valence-electron chi connectivity index (χ4n) is 3.23. The molecule has 2 aliphatic rings. The summed E-state index contributed by atoms with van der Waals surface area (Å²) in [6, 6.07) is 19.8. The van der Waals surface area contributed by atoms with Crippen LogP contribution in [0.1, 0.15) is 3.58 Å². The Morgan fingerprint density at radius 1 is 0.793 bits per heavy atom. The van der Waals surface area contributed by atoms with Crippen LogP contribution in [0.3, 0.4) is 0 Å². The Hall–Kier alpha value is -2.79. The normalized spacial score (nSPS) is 15.4.